The summed E-state index contributed by atoms with van der Waals surface area (Å²) in [5.41, 5.74) is 6.87. The lowest BCUT2D eigenvalue weighted by Crippen LogP contribution is -2.32. The Kier molecular flexibility index (Phi) is 5.32. The molecule has 0 aromatic heterocycles. The van der Waals surface area contributed by atoms with E-state index in [2.05, 4.69) is 10.6 Å². The first-order valence-electron chi connectivity index (χ1n) is 5.87. The van der Waals surface area contributed by atoms with Crippen molar-refractivity contribution in [1.82, 2.24) is 10.6 Å². The fourth-order valence-corrected chi connectivity index (χ4v) is 1.44. The summed E-state index contributed by atoms with van der Waals surface area (Å²) in [6.45, 7) is 2.49. The van der Waals surface area contributed by atoms with Crippen LogP contribution in [0.5, 0.6) is 0 Å². The van der Waals surface area contributed by atoms with Crippen molar-refractivity contribution in [1.29, 1.82) is 0 Å². The minimum absolute atomic E-state index is 0.0807. The van der Waals surface area contributed by atoms with Crippen LogP contribution in [-0.4, -0.2) is 25.4 Å². The predicted molar refractivity (Wildman–Crippen MR) is 69.9 cm³/mol. The van der Waals surface area contributed by atoms with Crippen LogP contribution in [0.3, 0.4) is 0 Å². The molecule has 5 nitrogen and oxygen atoms in total. The lowest BCUT2D eigenvalue weighted by Gasteiger charge is -2.10. The van der Waals surface area contributed by atoms with Gasteiger partial charge >= 0.3 is 0 Å². The van der Waals surface area contributed by atoms with Crippen LogP contribution in [-0.2, 0) is 11.3 Å². The van der Waals surface area contributed by atoms with Crippen LogP contribution in [0.1, 0.15) is 22.8 Å². The average Bonchev–Trinajstić information content (AvgIpc) is 2.43. The molecule has 1 aromatic carbocycles. The molecular formula is C13H19N3O2. The Balaban J connectivity index is 2.63. The zero-order valence-corrected chi connectivity index (χ0v) is 10.7. The molecule has 0 spiro atoms. The maximum absolute atomic E-state index is 11.6. The molecule has 0 bridgehead atoms. The highest BCUT2D eigenvalue weighted by molar-refractivity contribution is 5.94. The molecule has 1 atom stereocenters. The first-order valence-corrected chi connectivity index (χ1v) is 5.87. The summed E-state index contributed by atoms with van der Waals surface area (Å²) >= 11 is 0. The molecule has 0 radical (unpaired) electrons. The Labute approximate surface area is 107 Å². The van der Waals surface area contributed by atoms with Crippen molar-refractivity contribution >= 4 is 11.8 Å². The molecule has 0 aliphatic heterocycles. The lowest BCUT2D eigenvalue weighted by atomic mass is 10.1. The van der Waals surface area contributed by atoms with Gasteiger partial charge in [0.1, 0.15) is 0 Å². The van der Waals surface area contributed by atoms with Crippen molar-refractivity contribution in [2.45, 2.75) is 13.5 Å². The Morgan fingerprint density at radius 2 is 2.11 bits per heavy atom. The third kappa shape index (κ3) is 3.85. The second-order valence-corrected chi connectivity index (χ2v) is 4.13. The van der Waals surface area contributed by atoms with Gasteiger partial charge in [-0.3, -0.25) is 9.59 Å². The second kappa shape index (κ2) is 6.76. The number of nitrogens with one attached hydrogen (secondary N) is 2. The van der Waals surface area contributed by atoms with E-state index in [9.17, 15) is 9.59 Å². The highest BCUT2D eigenvalue weighted by atomic mass is 16.2. The van der Waals surface area contributed by atoms with E-state index in [0.29, 0.717) is 18.7 Å². The van der Waals surface area contributed by atoms with Crippen molar-refractivity contribution in [3.8, 4) is 0 Å². The van der Waals surface area contributed by atoms with Gasteiger partial charge in [0, 0.05) is 31.6 Å². The number of hydrogen-bond acceptors (Lipinski definition) is 3. The Morgan fingerprint density at radius 1 is 1.39 bits per heavy atom. The van der Waals surface area contributed by atoms with Crippen LogP contribution < -0.4 is 16.4 Å². The fraction of sp³-hybridized carbons (Fsp3) is 0.385. The fourth-order valence-electron chi connectivity index (χ4n) is 1.44. The Morgan fingerprint density at radius 3 is 2.72 bits per heavy atom. The monoisotopic (exact) mass is 249 g/mol. The molecule has 1 rings (SSSR count). The molecule has 1 aromatic rings. The van der Waals surface area contributed by atoms with Crippen molar-refractivity contribution in [2.24, 2.45) is 11.7 Å². The molecule has 2 amide bonds. The van der Waals surface area contributed by atoms with E-state index >= 15 is 0 Å². The maximum atomic E-state index is 11.6. The van der Waals surface area contributed by atoms with Crippen LogP contribution in [0.2, 0.25) is 0 Å². The summed E-state index contributed by atoms with van der Waals surface area (Å²) < 4.78 is 0. The number of benzene rings is 1. The van der Waals surface area contributed by atoms with Crippen molar-refractivity contribution in [3.63, 3.8) is 0 Å². The summed E-state index contributed by atoms with van der Waals surface area (Å²) in [6, 6.07) is 7.14. The predicted octanol–water partition coefficient (Wildman–Crippen LogP) is 0.257. The third-order valence-electron chi connectivity index (χ3n) is 2.68. The quantitative estimate of drug-likeness (QED) is 0.699. The summed E-state index contributed by atoms with van der Waals surface area (Å²) in [4.78, 5) is 23.0. The van der Waals surface area contributed by atoms with Crippen molar-refractivity contribution in [2.75, 3.05) is 13.6 Å². The highest BCUT2D eigenvalue weighted by Crippen LogP contribution is 2.05. The van der Waals surface area contributed by atoms with Gasteiger partial charge in [-0.25, -0.2) is 0 Å². The standard InChI is InChI=1S/C13H19N3O2/c1-9(7-14)12(17)16-8-10-4-3-5-11(6-10)13(18)15-2/h3-6,9H,7-8,14H2,1-2H3,(H,15,18)(H,16,17). The molecule has 98 valence electrons. The number of carbonyl (C=O) groups is 2. The second-order valence-electron chi connectivity index (χ2n) is 4.13. The molecule has 1 unspecified atom stereocenters. The summed E-state index contributed by atoms with van der Waals surface area (Å²) in [6.07, 6.45) is 0. The molecule has 0 saturated heterocycles. The topological polar surface area (TPSA) is 84.2 Å². The van der Waals surface area contributed by atoms with E-state index < -0.39 is 0 Å². The summed E-state index contributed by atoms with van der Waals surface area (Å²) in [7, 11) is 1.58. The molecule has 0 aliphatic rings. The summed E-state index contributed by atoms with van der Waals surface area (Å²) in [5, 5.41) is 5.34. The van der Waals surface area contributed by atoms with Gasteiger partial charge in [0.15, 0.2) is 0 Å². The first kappa shape index (κ1) is 14.2. The lowest BCUT2D eigenvalue weighted by molar-refractivity contribution is -0.124. The van der Waals surface area contributed by atoms with Crippen molar-refractivity contribution < 1.29 is 9.59 Å². The van der Waals surface area contributed by atoms with E-state index in [4.69, 9.17) is 5.73 Å². The van der Waals surface area contributed by atoms with Gasteiger partial charge < -0.3 is 16.4 Å². The van der Waals surface area contributed by atoms with Gasteiger partial charge in [0.25, 0.3) is 5.91 Å². The van der Waals surface area contributed by atoms with Gasteiger partial charge in [-0.2, -0.15) is 0 Å². The average molecular weight is 249 g/mol. The first-order chi connectivity index (χ1) is 8.58. The molecule has 4 N–H and O–H groups in total. The van der Waals surface area contributed by atoms with Gasteiger partial charge in [-0.05, 0) is 17.7 Å². The minimum atomic E-state index is -0.202. The van der Waals surface area contributed by atoms with E-state index in [-0.39, 0.29) is 17.7 Å². The number of rotatable bonds is 5. The van der Waals surface area contributed by atoms with E-state index in [1.165, 1.54) is 0 Å². The van der Waals surface area contributed by atoms with Crippen LogP contribution >= 0.6 is 0 Å². The SMILES string of the molecule is CNC(=O)c1cccc(CNC(=O)C(C)CN)c1. The largest absolute Gasteiger partial charge is 0.355 e. The molecule has 0 heterocycles. The number of carbonyl (C=O) groups excluding carboxylic acids is 2. The van der Waals surface area contributed by atoms with Gasteiger partial charge in [-0.15, -0.1) is 0 Å². The van der Waals surface area contributed by atoms with E-state index in [1.807, 2.05) is 6.07 Å². The molecule has 18 heavy (non-hydrogen) atoms. The molecule has 5 heteroatoms. The molecular weight excluding hydrogens is 230 g/mol. The van der Waals surface area contributed by atoms with Gasteiger partial charge in [0.2, 0.25) is 5.91 Å². The smallest absolute Gasteiger partial charge is 0.251 e. The van der Waals surface area contributed by atoms with Crippen LogP contribution in [0, 0.1) is 5.92 Å². The molecule has 0 saturated carbocycles. The summed E-state index contributed by atoms with van der Waals surface area (Å²) in [5.74, 6) is -0.423. The van der Waals surface area contributed by atoms with Crippen LogP contribution in [0.4, 0.5) is 0 Å². The Bertz CT molecular complexity index is 432. The zero-order valence-electron chi connectivity index (χ0n) is 10.7. The molecule has 0 fully saturated rings. The number of nitrogens with two attached hydrogens (primary N) is 1. The minimum Gasteiger partial charge on any atom is -0.355 e. The van der Waals surface area contributed by atoms with Crippen LogP contribution in [0.15, 0.2) is 24.3 Å². The van der Waals surface area contributed by atoms with E-state index in [1.54, 1.807) is 32.2 Å². The van der Waals surface area contributed by atoms with E-state index in [0.717, 1.165) is 5.56 Å². The normalized spacial score (nSPS) is 11.7. The zero-order chi connectivity index (χ0) is 13.5. The van der Waals surface area contributed by atoms with Crippen LogP contribution in [0.25, 0.3) is 0 Å². The van der Waals surface area contributed by atoms with Gasteiger partial charge in [0.05, 0.1) is 0 Å². The Hall–Kier alpha value is -1.88. The highest BCUT2D eigenvalue weighted by Gasteiger charge is 2.10. The van der Waals surface area contributed by atoms with Gasteiger partial charge in [-0.1, -0.05) is 19.1 Å². The number of amides is 2. The number of hydrogen-bond donors (Lipinski definition) is 3. The molecule has 0 aliphatic carbocycles. The van der Waals surface area contributed by atoms with Crippen molar-refractivity contribution in [3.05, 3.63) is 35.4 Å². The third-order valence-corrected chi connectivity index (χ3v) is 2.68. The maximum Gasteiger partial charge on any atom is 0.251 e.